The van der Waals surface area contributed by atoms with Crippen LogP contribution in [-0.4, -0.2) is 30.4 Å². The van der Waals surface area contributed by atoms with Crippen molar-refractivity contribution in [2.75, 3.05) is 19.0 Å². The third kappa shape index (κ3) is 2.85. The van der Waals surface area contributed by atoms with E-state index in [1.165, 1.54) is 38.2 Å². The molecule has 1 aliphatic rings. The van der Waals surface area contributed by atoms with E-state index in [9.17, 15) is 9.59 Å². The number of hydrogen-bond donors (Lipinski definition) is 1. The number of esters is 1. The number of anilines is 1. The van der Waals surface area contributed by atoms with E-state index < -0.39 is 5.97 Å². The number of methoxy groups -OCH3 is 1. The van der Waals surface area contributed by atoms with E-state index in [0.717, 1.165) is 6.54 Å². The van der Waals surface area contributed by atoms with Crippen LogP contribution in [0.3, 0.4) is 0 Å². The summed E-state index contributed by atoms with van der Waals surface area (Å²) in [5.74, 6) is -0.118. The van der Waals surface area contributed by atoms with Gasteiger partial charge in [0.1, 0.15) is 4.88 Å². The van der Waals surface area contributed by atoms with E-state index >= 15 is 0 Å². The molecule has 6 heteroatoms. The monoisotopic (exact) mass is 296 g/mol. The van der Waals surface area contributed by atoms with Crippen molar-refractivity contribution in [1.29, 1.82) is 0 Å². The third-order valence-corrected chi connectivity index (χ3v) is 5.15. The highest BCUT2D eigenvalue weighted by Crippen LogP contribution is 2.51. The van der Waals surface area contributed by atoms with Gasteiger partial charge < -0.3 is 10.1 Å². The van der Waals surface area contributed by atoms with Gasteiger partial charge in [-0.1, -0.05) is 25.2 Å². The molecule has 0 amide bonds. The summed E-state index contributed by atoms with van der Waals surface area (Å²) in [5, 5.41) is 3.88. The van der Waals surface area contributed by atoms with Gasteiger partial charge in [0.05, 0.1) is 7.11 Å². The van der Waals surface area contributed by atoms with Crippen LogP contribution in [-0.2, 0) is 4.74 Å². The number of thiazole rings is 1. The Morgan fingerprint density at radius 1 is 1.45 bits per heavy atom. The van der Waals surface area contributed by atoms with E-state index in [4.69, 9.17) is 0 Å². The molecule has 1 saturated carbocycles. The first-order chi connectivity index (χ1) is 9.39. The summed E-state index contributed by atoms with van der Waals surface area (Å²) < 4.78 is 4.66. The minimum absolute atomic E-state index is 0.113. The fourth-order valence-corrected chi connectivity index (χ4v) is 3.08. The highest BCUT2D eigenvalue weighted by Gasteiger charge is 2.45. The Labute approximate surface area is 122 Å². The van der Waals surface area contributed by atoms with E-state index in [2.05, 4.69) is 28.9 Å². The number of carbonyl (C=O) groups excluding carboxylic acids is 2. The lowest BCUT2D eigenvalue weighted by atomic mass is 9.92. The number of hydrogen-bond acceptors (Lipinski definition) is 6. The predicted molar refractivity (Wildman–Crippen MR) is 78.5 cm³/mol. The van der Waals surface area contributed by atoms with Crippen molar-refractivity contribution >= 4 is 28.2 Å². The van der Waals surface area contributed by atoms with Gasteiger partial charge in [-0.05, 0) is 24.2 Å². The lowest BCUT2D eigenvalue weighted by Crippen LogP contribution is -2.20. The molecule has 110 valence electrons. The van der Waals surface area contributed by atoms with Crippen LogP contribution in [0, 0.1) is 11.3 Å². The number of ether oxygens (including phenoxy) is 1. The second-order valence-electron chi connectivity index (χ2n) is 5.62. The zero-order valence-corrected chi connectivity index (χ0v) is 13.1. The van der Waals surface area contributed by atoms with E-state index in [-0.39, 0.29) is 11.5 Å². The molecule has 1 aromatic rings. The van der Waals surface area contributed by atoms with Crippen LogP contribution in [0.4, 0.5) is 5.13 Å². The summed E-state index contributed by atoms with van der Waals surface area (Å²) in [6, 6.07) is 0. The maximum Gasteiger partial charge on any atom is 0.358 e. The maximum atomic E-state index is 11.6. The second kappa shape index (κ2) is 5.52. The standard InChI is InChI=1S/C14H20N2O3S/c1-8(2)14(5-6-14)7-15-13-16-10(12(18)19-4)11(20-13)9(3)17/h8H,5-7H2,1-4H3,(H,15,16). The quantitative estimate of drug-likeness (QED) is 0.645. The summed E-state index contributed by atoms with van der Waals surface area (Å²) in [7, 11) is 1.29. The molecule has 0 atom stereocenters. The Bertz CT molecular complexity index is 533. The van der Waals surface area contributed by atoms with Crippen molar-refractivity contribution < 1.29 is 14.3 Å². The van der Waals surface area contributed by atoms with Crippen molar-refractivity contribution in [2.24, 2.45) is 11.3 Å². The fourth-order valence-electron chi connectivity index (χ4n) is 2.24. The molecule has 0 aromatic carbocycles. The van der Waals surface area contributed by atoms with Crippen LogP contribution in [0.1, 0.15) is 53.8 Å². The smallest absolute Gasteiger partial charge is 0.358 e. The average Bonchev–Trinajstić information content (AvgIpc) is 3.08. The summed E-state index contributed by atoms with van der Waals surface area (Å²) in [6.07, 6.45) is 2.43. The Morgan fingerprint density at radius 3 is 2.55 bits per heavy atom. The molecule has 0 aliphatic heterocycles. The predicted octanol–water partition coefficient (Wildman–Crippen LogP) is 2.98. The van der Waals surface area contributed by atoms with Gasteiger partial charge in [0.15, 0.2) is 16.6 Å². The van der Waals surface area contributed by atoms with Crippen LogP contribution in [0.25, 0.3) is 0 Å². The topological polar surface area (TPSA) is 68.3 Å². The highest BCUT2D eigenvalue weighted by atomic mass is 32.1. The molecule has 5 nitrogen and oxygen atoms in total. The minimum Gasteiger partial charge on any atom is -0.464 e. The first-order valence-electron chi connectivity index (χ1n) is 6.73. The van der Waals surface area contributed by atoms with Crippen LogP contribution < -0.4 is 5.32 Å². The molecule has 2 rings (SSSR count). The molecule has 1 heterocycles. The van der Waals surface area contributed by atoms with Gasteiger partial charge in [-0.2, -0.15) is 0 Å². The Hall–Kier alpha value is -1.43. The maximum absolute atomic E-state index is 11.6. The first kappa shape index (κ1) is 15.0. The molecule has 0 radical (unpaired) electrons. The molecule has 0 spiro atoms. The van der Waals surface area contributed by atoms with Crippen molar-refractivity contribution in [1.82, 2.24) is 4.98 Å². The van der Waals surface area contributed by atoms with Gasteiger partial charge in [0.2, 0.25) is 0 Å². The number of nitrogens with one attached hydrogen (secondary N) is 1. The molecule has 1 aromatic heterocycles. The first-order valence-corrected chi connectivity index (χ1v) is 7.55. The van der Waals surface area contributed by atoms with Gasteiger partial charge in [0, 0.05) is 13.5 Å². The molecule has 20 heavy (non-hydrogen) atoms. The molecule has 0 saturated heterocycles. The highest BCUT2D eigenvalue weighted by molar-refractivity contribution is 7.17. The molecule has 1 N–H and O–H groups in total. The molecule has 0 unspecified atom stereocenters. The van der Waals surface area contributed by atoms with Crippen molar-refractivity contribution in [3.05, 3.63) is 10.6 Å². The van der Waals surface area contributed by atoms with Gasteiger partial charge in [-0.3, -0.25) is 4.79 Å². The number of aromatic nitrogens is 1. The molecule has 1 fully saturated rings. The molecular weight excluding hydrogens is 276 g/mol. The van der Waals surface area contributed by atoms with E-state index in [0.29, 0.717) is 21.3 Å². The summed E-state index contributed by atoms with van der Waals surface area (Å²) in [5.41, 5.74) is 0.454. The SMILES string of the molecule is COC(=O)c1nc(NCC2(C(C)C)CC2)sc1C(C)=O. The number of rotatable bonds is 6. The zero-order chi connectivity index (χ0) is 14.9. The summed E-state index contributed by atoms with van der Waals surface area (Å²) in [4.78, 5) is 27.7. The Kier molecular flexibility index (Phi) is 4.13. The van der Waals surface area contributed by atoms with Crippen LogP contribution >= 0.6 is 11.3 Å². The van der Waals surface area contributed by atoms with Gasteiger partial charge in [0.25, 0.3) is 0 Å². The van der Waals surface area contributed by atoms with Crippen LogP contribution in [0.15, 0.2) is 0 Å². The summed E-state index contributed by atoms with van der Waals surface area (Å²) in [6.45, 7) is 6.70. The lowest BCUT2D eigenvalue weighted by molar-refractivity contribution is 0.0591. The number of carbonyl (C=O) groups is 2. The summed E-state index contributed by atoms with van der Waals surface area (Å²) >= 11 is 1.22. The largest absolute Gasteiger partial charge is 0.464 e. The second-order valence-corrected chi connectivity index (χ2v) is 6.61. The van der Waals surface area contributed by atoms with Crippen molar-refractivity contribution in [2.45, 2.75) is 33.6 Å². The average molecular weight is 296 g/mol. The molecular formula is C14H20N2O3S. The molecule has 0 bridgehead atoms. The number of ketones is 1. The van der Waals surface area contributed by atoms with E-state index in [1.54, 1.807) is 0 Å². The lowest BCUT2D eigenvalue weighted by Gasteiger charge is -2.19. The van der Waals surface area contributed by atoms with E-state index in [1.807, 2.05) is 0 Å². The van der Waals surface area contributed by atoms with Crippen LogP contribution in [0.5, 0.6) is 0 Å². The van der Waals surface area contributed by atoms with Crippen molar-refractivity contribution in [3.8, 4) is 0 Å². The molecule has 1 aliphatic carbocycles. The Morgan fingerprint density at radius 2 is 2.10 bits per heavy atom. The zero-order valence-electron chi connectivity index (χ0n) is 12.3. The van der Waals surface area contributed by atoms with Crippen LogP contribution in [0.2, 0.25) is 0 Å². The third-order valence-electron chi connectivity index (χ3n) is 4.03. The fraction of sp³-hybridized carbons (Fsp3) is 0.643. The normalized spacial score (nSPS) is 16.1. The number of Topliss-reactive ketones (excluding diaryl/α,β-unsaturated/α-hetero) is 1. The van der Waals surface area contributed by atoms with Gasteiger partial charge in [-0.25, -0.2) is 9.78 Å². The van der Waals surface area contributed by atoms with Crippen molar-refractivity contribution in [3.63, 3.8) is 0 Å². The minimum atomic E-state index is -0.565. The van der Waals surface area contributed by atoms with Gasteiger partial charge in [-0.15, -0.1) is 0 Å². The Balaban J connectivity index is 2.13. The van der Waals surface area contributed by atoms with Gasteiger partial charge >= 0.3 is 5.97 Å². The number of nitrogens with zero attached hydrogens (tertiary/aromatic N) is 1.